The molecule has 0 amide bonds. The van der Waals surface area contributed by atoms with Gasteiger partial charge in [-0.25, -0.2) is 0 Å². The van der Waals surface area contributed by atoms with Gasteiger partial charge < -0.3 is 19.8 Å². The average Bonchev–Trinajstić information content (AvgIpc) is 2.15. The van der Waals surface area contributed by atoms with Gasteiger partial charge in [0.25, 0.3) is 0 Å². The molecule has 80 valence electrons. The second kappa shape index (κ2) is 11.1. The van der Waals surface area contributed by atoms with Gasteiger partial charge in [0.1, 0.15) is 0 Å². The molecule has 0 aliphatic rings. The largest absolute Gasteiger partial charge is 2.00 e. The summed E-state index contributed by atoms with van der Waals surface area (Å²) in [5.41, 5.74) is 0.556. The van der Waals surface area contributed by atoms with E-state index < -0.39 is 11.9 Å². The van der Waals surface area contributed by atoms with Gasteiger partial charge >= 0.3 is 19.5 Å². The fraction of sp³-hybridized carbons (Fsp3) is 0.400. The summed E-state index contributed by atoms with van der Waals surface area (Å²) in [5, 5.41) is 19.5. The van der Waals surface area contributed by atoms with Gasteiger partial charge in [-0.1, -0.05) is 12.2 Å². The molecule has 0 radical (unpaired) electrons. The Kier molecular flexibility index (Phi) is 14.5. The van der Waals surface area contributed by atoms with E-state index in [1.807, 2.05) is 0 Å². The van der Waals surface area contributed by atoms with Crippen molar-refractivity contribution in [1.29, 1.82) is 0 Å². The third-order valence-electron chi connectivity index (χ3n) is 1.51. The van der Waals surface area contributed by atoms with Crippen molar-refractivity contribution in [2.24, 2.45) is 0 Å². The summed E-state index contributed by atoms with van der Waals surface area (Å²) in [4.78, 5) is 19.5. The van der Waals surface area contributed by atoms with Crippen LogP contribution in [0.1, 0.15) is 27.7 Å². The number of hydrogen-bond donors (Lipinski definition) is 0. The summed E-state index contributed by atoms with van der Waals surface area (Å²) in [5.74, 6) is -2.19. The second-order valence-corrected chi connectivity index (χ2v) is 2.52. The Morgan fingerprint density at radius 1 is 0.867 bits per heavy atom. The van der Waals surface area contributed by atoms with Gasteiger partial charge in [0.05, 0.1) is 11.9 Å². The van der Waals surface area contributed by atoms with Crippen molar-refractivity contribution >= 4 is 11.9 Å². The number of carbonyl (C=O) groups is 2. The monoisotopic (exact) mass is 262 g/mol. The minimum atomic E-state index is -1.09. The van der Waals surface area contributed by atoms with Crippen LogP contribution in [0, 0.1) is 0 Å². The maximum absolute atomic E-state index is 9.75. The summed E-state index contributed by atoms with van der Waals surface area (Å²) in [6.07, 6.45) is 2.99. The first-order valence-corrected chi connectivity index (χ1v) is 4.05. The van der Waals surface area contributed by atoms with Crippen molar-refractivity contribution in [3.63, 3.8) is 0 Å². The number of aliphatic carboxylic acids is 2. The number of rotatable bonds is 2. The Morgan fingerprint density at radius 3 is 1.07 bits per heavy atom. The van der Waals surface area contributed by atoms with Crippen LogP contribution in [0.25, 0.3) is 0 Å². The van der Waals surface area contributed by atoms with E-state index in [0.717, 1.165) is 0 Å². The summed E-state index contributed by atoms with van der Waals surface area (Å²) >= 11 is 0. The van der Waals surface area contributed by atoms with Gasteiger partial charge in [-0.3, -0.25) is 0 Å². The SMILES string of the molecule is C/C=C(\C)C(=O)[O-].C/C=C(\C)C(=O)[O-].[Zn+2]. The molecule has 0 aliphatic carbocycles. The maximum Gasteiger partial charge on any atom is 2.00 e. The molecule has 0 aromatic heterocycles. The third-order valence-corrected chi connectivity index (χ3v) is 1.51. The molecule has 15 heavy (non-hydrogen) atoms. The predicted octanol–water partition coefficient (Wildman–Crippen LogP) is -0.598. The number of carboxylic acid groups (broad SMARTS) is 2. The number of hydrogen-bond acceptors (Lipinski definition) is 4. The Bertz CT molecular complexity index is 239. The molecule has 0 fully saturated rings. The molecule has 5 heteroatoms. The number of carboxylic acids is 2. The molecule has 0 aliphatic heterocycles. The first-order chi connectivity index (χ1) is 6.36. The van der Waals surface area contributed by atoms with E-state index in [1.54, 1.807) is 13.8 Å². The van der Waals surface area contributed by atoms with Crippen LogP contribution in [0.15, 0.2) is 23.3 Å². The molecule has 0 bridgehead atoms. The molecule has 0 aromatic carbocycles. The van der Waals surface area contributed by atoms with Crippen LogP contribution in [0.5, 0.6) is 0 Å². The molecule has 0 rings (SSSR count). The summed E-state index contributed by atoms with van der Waals surface area (Å²) in [6.45, 7) is 6.31. The van der Waals surface area contributed by atoms with E-state index >= 15 is 0 Å². The quantitative estimate of drug-likeness (QED) is 0.492. The molecule has 0 N–H and O–H groups in total. The van der Waals surface area contributed by atoms with E-state index in [-0.39, 0.29) is 30.6 Å². The molecule has 0 heterocycles. The van der Waals surface area contributed by atoms with E-state index in [0.29, 0.717) is 0 Å². The van der Waals surface area contributed by atoms with Crippen LogP contribution in [-0.4, -0.2) is 11.9 Å². The van der Waals surface area contributed by atoms with Gasteiger partial charge in [-0.2, -0.15) is 0 Å². The first-order valence-electron chi connectivity index (χ1n) is 4.05. The molecule has 0 unspecified atom stereocenters. The first kappa shape index (κ1) is 19.6. The van der Waals surface area contributed by atoms with Crippen LogP contribution in [0.3, 0.4) is 0 Å². The molecule has 0 spiro atoms. The molecule has 4 nitrogen and oxygen atoms in total. The van der Waals surface area contributed by atoms with Crippen LogP contribution in [-0.2, 0) is 29.1 Å². The molecular formula is C10H14O4Zn. The molecular weight excluding hydrogens is 249 g/mol. The zero-order chi connectivity index (χ0) is 11.7. The van der Waals surface area contributed by atoms with Gasteiger partial charge in [0.15, 0.2) is 0 Å². The van der Waals surface area contributed by atoms with E-state index in [4.69, 9.17) is 0 Å². The van der Waals surface area contributed by atoms with E-state index in [2.05, 4.69) is 0 Å². The Hall–Kier alpha value is -0.957. The summed E-state index contributed by atoms with van der Waals surface area (Å²) in [6, 6.07) is 0. The van der Waals surface area contributed by atoms with E-state index in [9.17, 15) is 19.8 Å². The Morgan fingerprint density at radius 2 is 1.07 bits per heavy atom. The molecule has 0 saturated carbocycles. The van der Waals surface area contributed by atoms with Crippen molar-refractivity contribution in [2.75, 3.05) is 0 Å². The van der Waals surface area contributed by atoms with Crippen LogP contribution >= 0.6 is 0 Å². The van der Waals surface area contributed by atoms with Gasteiger partial charge in [-0.15, -0.1) is 0 Å². The minimum absolute atomic E-state index is 0. The zero-order valence-corrected chi connectivity index (χ0v) is 12.5. The van der Waals surface area contributed by atoms with Gasteiger partial charge in [0.2, 0.25) is 0 Å². The number of carbonyl (C=O) groups excluding carboxylic acids is 2. The van der Waals surface area contributed by atoms with Crippen molar-refractivity contribution in [3.05, 3.63) is 23.3 Å². The summed E-state index contributed by atoms with van der Waals surface area (Å²) in [7, 11) is 0. The number of allylic oxidation sites excluding steroid dienone is 2. The van der Waals surface area contributed by atoms with Crippen LogP contribution in [0.2, 0.25) is 0 Å². The smallest absolute Gasteiger partial charge is 0.545 e. The topological polar surface area (TPSA) is 80.3 Å². The van der Waals surface area contributed by atoms with Crippen LogP contribution < -0.4 is 10.2 Å². The van der Waals surface area contributed by atoms with Crippen molar-refractivity contribution in [2.45, 2.75) is 27.7 Å². The maximum atomic E-state index is 9.75. The summed E-state index contributed by atoms with van der Waals surface area (Å²) < 4.78 is 0. The standard InChI is InChI=1S/2C5H8O2.Zn/c2*1-3-4(2)5(6)7;/h2*3H,1-2H3,(H,6,7);/q;;+2/p-2/b2*4-3+;. The fourth-order valence-electron chi connectivity index (χ4n) is 0.236. The normalized spacial score (nSPS) is 10.7. The zero-order valence-electron chi connectivity index (χ0n) is 9.49. The molecule has 0 atom stereocenters. The molecule has 0 aromatic rings. The Labute approximate surface area is 102 Å². The van der Waals surface area contributed by atoms with E-state index in [1.165, 1.54) is 26.0 Å². The third kappa shape index (κ3) is 13.0. The predicted molar refractivity (Wildman–Crippen MR) is 48.9 cm³/mol. The van der Waals surface area contributed by atoms with Crippen molar-refractivity contribution < 1.29 is 39.3 Å². The van der Waals surface area contributed by atoms with Crippen LogP contribution in [0.4, 0.5) is 0 Å². The average molecular weight is 264 g/mol. The Balaban J connectivity index is -0.000000180. The minimum Gasteiger partial charge on any atom is -0.545 e. The van der Waals surface area contributed by atoms with Crippen molar-refractivity contribution in [1.82, 2.24) is 0 Å². The fourth-order valence-corrected chi connectivity index (χ4v) is 0.236. The van der Waals surface area contributed by atoms with Crippen molar-refractivity contribution in [3.8, 4) is 0 Å². The molecule has 0 saturated heterocycles. The van der Waals surface area contributed by atoms with Gasteiger partial charge in [-0.05, 0) is 38.8 Å². The van der Waals surface area contributed by atoms with Gasteiger partial charge in [0, 0.05) is 0 Å². The second-order valence-electron chi connectivity index (χ2n) is 2.52.